The Labute approximate surface area is 146 Å². The number of phenolic OH excluding ortho intramolecular Hbond substituents is 1. The van der Waals surface area contributed by atoms with Gasteiger partial charge in [0.1, 0.15) is 11.4 Å². The molecule has 2 aromatic rings. The van der Waals surface area contributed by atoms with Crippen LogP contribution in [0.1, 0.15) is 38.3 Å². The highest BCUT2D eigenvalue weighted by Gasteiger charge is 2.39. The lowest BCUT2D eigenvalue weighted by Crippen LogP contribution is -2.31. The van der Waals surface area contributed by atoms with Crippen LogP contribution in [0, 0.1) is 5.41 Å². The number of Topliss-reactive ketones (excluding diaryl/α,β-unsaturated/α-hetero) is 1. The number of benzene rings is 1. The number of hydrogen-bond acceptors (Lipinski definition) is 5. The first-order valence-corrected chi connectivity index (χ1v) is 8.46. The zero-order valence-corrected chi connectivity index (χ0v) is 14.3. The number of carbonyl (C=O) groups is 1. The van der Waals surface area contributed by atoms with Crippen LogP contribution in [0.3, 0.4) is 0 Å². The SMILES string of the molecule is CC1(C)CC(=O)C2=C(C1)Nc1c(O)cccc1NC2c1cccnc1. The van der Waals surface area contributed by atoms with Gasteiger partial charge in [0.25, 0.3) is 0 Å². The molecule has 128 valence electrons. The van der Waals surface area contributed by atoms with E-state index in [4.69, 9.17) is 0 Å². The molecule has 25 heavy (non-hydrogen) atoms. The number of anilines is 2. The molecule has 0 saturated carbocycles. The molecule has 1 aromatic heterocycles. The molecule has 1 aliphatic carbocycles. The summed E-state index contributed by atoms with van der Waals surface area (Å²) >= 11 is 0. The summed E-state index contributed by atoms with van der Waals surface area (Å²) in [6.45, 7) is 4.19. The number of para-hydroxylation sites is 1. The largest absolute Gasteiger partial charge is 0.506 e. The second-order valence-electron chi connectivity index (χ2n) is 7.52. The molecule has 0 spiro atoms. The van der Waals surface area contributed by atoms with E-state index < -0.39 is 0 Å². The summed E-state index contributed by atoms with van der Waals surface area (Å²) < 4.78 is 0. The minimum absolute atomic E-state index is 0.114. The maximum Gasteiger partial charge on any atom is 0.163 e. The molecule has 1 aliphatic heterocycles. The first-order chi connectivity index (χ1) is 11.9. The average molecular weight is 335 g/mol. The molecule has 0 fully saturated rings. The second kappa shape index (κ2) is 5.62. The molecule has 0 saturated heterocycles. The standard InChI is InChI=1S/C20H21N3O2/c1-20(2)9-14-17(16(25)10-20)18(12-5-4-8-21-11-12)22-13-6-3-7-15(24)19(13)23-14/h3-8,11,18,22-24H,9-10H2,1-2H3. The van der Waals surface area contributed by atoms with Crippen molar-refractivity contribution < 1.29 is 9.90 Å². The van der Waals surface area contributed by atoms with Crippen LogP contribution in [0.25, 0.3) is 0 Å². The van der Waals surface area contributed by atoms with Crippen LogP contribution >= 0.6 is 0 Å². The molecular formula is C20H21N3O2. The maximum absolute atomic E-state index is 13.0. The molecule has 2 heterocycles. The second-order valence-corrected chi connectivity index (χ2v) is 7.52. The van der Waals surface area contributed by atoms with Gasteiger partial charge in [-0.15, -0.1) is 0 Å². The van der Waals surface area contributed by atoms with Crippen molar-refractivity contribution in [3.05, 3.63) is 59.6 Å². The average Bonchev–Trinajstić information content (AvgIpc) is 2.72. The number of ketones is 1. The predicted molar refractivity (Wildman–Crippen MR) is 97.4 cm³/mol. The molecular weight excluding hydrogens is 314 g/mol. The highest BCUT2D eigenvalue weighted by atomic mass is 16.3. The van der Waals surface area contributed by atoms with Crippen molar-refractivity contribution >= 4 is 17.2 Å². The Bertz CT molecular complexity index is 872. The Hall–Kier alpha value is -2.82. The van der Waals surface area contributed by atoms with Gasteiger partial charge in [0.15, 0.2) is 5.78 Å². The third kappa shape index (κ3) is 2.76. The summed E-state index contributed by atoms with van der Waals surface area (Å²) in [5, 5.41) is 17.1. The van der Waals surface area contributed by atoms with Gasteiger partial charge in [-0.3, -0.25) is 9.78 Å². The Morgan fingerprint density at radius 1 is 1.20 bits per heavy atom. The number of aromatic nitrogens is 1. The summed E-state index contributed by atoms with van der Waals surface area (Å²) in [6, 6.07) is 8.89. The van der Waals surface area contributed by atoms with Gasteiger partial charge in [-0.05, 0) is 35.6 Å². The highest BCUT2D eigenvalue weighted by Crippen LogP contribution is 2.47. The predicted octanol–water partition coefficient (Wildman–Crippen LogP) is 4.01. The molecule has 5 heteroatoms. The summed E-state index contributed by atoms with van der Waals surface area (Å²) in [4.78, 5) is 17.2. The lowest BCUT2D eigenvalue weighted by molar-refractivity contribution is -0.118. The quantitative estimate of drug-likeness (QED) is 0.687. The van der Waals surface area contributed by atoms with Gasteiger partial charge in [-0.2, -0.15) is 0 Å². The van der Waals surface area contributed by atoms with Gasteiger partial charge in [0, 0.05) is 30.1 Å². The number of phenols is 1. The Morgan fingerprint density at radius 3 is 2.80 bits per heavy atom. The minimum atomic E-state index is -0.289. The van der Waals surface area contributed by atoms with Gasteiger partial charge in [-0.25, -0.2) is 0 Å². The fraction of sp³-hybridized carbons (Fsp3) is 0.300. The zero-order valence-electron chi connectivity index (χ0n) is 14.3. The van der Waals surface area contributed by atoms with Crippen molar-refractivity contribution in [1.29, 1.82) is 0 Å². The first-order valence-electron chi connectivity index (χ1n) is 8.46. The Kier molecular flexibility index (Phi) is 3.53. The number of aromatic hydroxyl groups is 1. The number of nitrogens with zero attached hydrogens (tertiary/aromatic N) is 1. The van der Waals surface area contributed by atoms with Gasteiger partial charge >= 0.3 is 0 Å². The third-order valence-electron chi connectivity index (χ3n) is 4.84. The Balaban J connectivity index is 1.91. The van der Waals surface area contributed by atoms with Crippen molar-refractivity contribution in [1.82, 2.24) is 4.98 Å². The molecule has 0 bridgehead atoms. The molecule has 5 nitrogen and oxygen atoms in total. The third-order valence-corrected chi connectivity index (χ3v) is 4.84. The number of carbonyl (C=O) groups excluding carboxylic acids is 1. The van der Waals surface area contributed by atoms with Crippen LogP contribution in [0.2, 0.25) is 0 Å². The van der Waals surface area contributed by atoms with E-state index in [1.54, 1.807) is 24.5 Å². The summed E-state index contributed by atoms with van der Waals surface area (Å²) in [6.07, 6.45) is 4.76. The van der Waals surface area contributed by atoms with Gasteiger partial charge in [-0.1, -0.05) is 26.0 Å². The number of pyridine rings is 1. The van der Waals surface area contributed by atoms with E-state index in [2.05, 4.69) is 29.5 Å². The Morgan fingerprint density at radius 2 is 2.04 bits per heavy atom. The van der Waals surface area contributed by atoms with E-state index in [1.165, 1.54) is 0 Å². The van der Waals surface area contributed by atoms with Crippen molar-refractivity contribution in [3.63, 3.8) is 0 Å². The molecule has 2 aliphatic rings. The van der Waals surface area contributed by atoms with Crippen LogP contribution < -0.4 is 10.6 Å². The summed E-state index contributed by atoms with van der Waals surface area (Å²) in [5.41, 5.74) is 3.82. The summed E-state index contributed by atoms with van der Waals surface area (Å²) in [7, 11) is 0. The molecule has 0 amide bonds. The molecule has 1 aromatic carbocycles. The lowest BCUT2D eigenvalue weighted by Gasteiger charge is -2.34. The monoisotopic (exact) mass is 335 g/mol. The molecule has 1 unspecified atom stereocenters. The van der Waals surface area contributed by atoms with E-state index in [9.17, 15) is 9.90 Å². The van der Waals surface area contributed by atoms with E-state index >= 15 is 0 Å². The zero-order chi connectivity index (χ0) is 17.6. The van der Waals surface area contributed by atoms with E-state index in [0.29, 0.717) is 12.1 Å². The maximum atomic E-state index is 13.0. The number of nitrogens with one attached hydrogen (secondary N) is 2. The fourth-order valence-corrected chi connectivity index (χ4v) is 3.75. The molecule has 1 atom stereocenters. The highest BCUT2D eigenvalue weighted by molar-refractivity contribution is 6.01. The summed E-state index contributed by atoms with van der Waals surface area (Å²) in [5.74, 6) is 0.298. The van der Waals surface area contributed by atoms with Crippen LogP contribution in [-0.2, 0) is 4.79 Å². The van der Waals surface area contributed by atoms with Gasteiger partial charge in [0.05, 0.1) is 11.7 Å². The molecule has 4 rings (SSSR count). The minimum Gasteiger partial charge on any atom is -0.506 e. The number of fused-ring (bicyclic) bond motifs is 1. The van der Waals surface area contributed by atoms with E-state index in [-0.39, 0.29) is 23.0 Å². The van der Waals surface area contributed by atoms with Gasteiger partial charge in [0.2, 0.25) is 0 Å². The van der Waals surface area contributed by atoms with E-state index in [1.807, 2.05) is 18.2 Å². The number of rotatable bonds is 1. The molecule has 3 N–H and O–H groups in total. The number of hydrogen-bond donors (Lipinski definition) is 3. The van der Waals surface area contributed by atoms with Crippen molar-refractivity contribution in [2.75, 3.05) is 10.6 Å². The lowest BCUT2D eigenvalue weighted by atomic mass is 9.73. The van der Waals surface area contributed by atoms with Crippen LogP contribution in [0.4, 0.5) is 11.4 Å². The van der Waals surface area contributed by atoms with Crippen LogP contribution in [0.15, 0.2) is 54.0 Å². The first kappa shape index (κ1) is 15.7. The molecule has 0 radical (unpaired) electrons. The van der Waals surface area contributed by atoms with E-state index in [0.717, 1.165) is 28.9 Å². The topological polar surface area (TPSA) is 74.2 Å². The van der Waals surface area contributed by atoms with Crippen LogP contribution in [-0.4, -0.2) is 15.9 Å². The smallest absolute Gasteiger partial charge is 0.163 e. The van der Waals surface area contributed by atoms with Crippen LogP contribution in [0.5, 0.6) is 5.75 Å². The van der Waals surface area contributed by atoms with Crippen molar-refractivity contribution in [2.45, 2.75) is 32.7 Å². The van der Waals surface area contributed by atoms with Gasteiger partial charge < -0.3 is 15.7 Å². The number of allylic oxidation sites excluding steroid dienone is 1. The fourth-order valence-electron chi connectivity index (χ4n) is 3.75. The normalized spacial score (nSPS) is 21.5. The van der Waals surface area contributed by atoms with Crippen molar-refractivity contribution in [3.8, 4) is 5.75 Å². The van der Waals surface area contributed by atoms with Crippen molar-refractivity contribution in [2.24, 2.45) is 5.41 Å².